The van der Waals surface area contributed by atoms with Crippen molar-refractivity contribution in [3.63, 3.8) is 0 Å². The second kappa shape index (κ2) is 7.41. The largest absolute Gasteiger partial charge is 0.320 e. The maximum Gasteiger partial charge on any atom is 0.186 e. The number of hydrogen-bond acceptors (Lipinski definition) is 2. The second-order valence-electron chi connectivity index (χ2n) is 6.18. The molecule has 0 unspecified atom stereocenters. The summed E-state index contributed by atoms with van der Waals surface area (Å²) in [5, 5.41) is 3.36. The molecule has 118 valence electrons. The van der Waals surface area contributed by atoms with Gasteiger partial charge in [-0.3, -0.25) is 4.79 Å². The quantitative estimate of drug-likeness (QED) is 0.886. The maximum atomic E-state index is 12.2. The molecule has 1 N–H and O–H groups in total. The average Bonchev–Trinajstić information content (AvgIpc) is 2.49. The first-order valence-electron chi connectivity index (χ1n) is 8.04. The SMILES string of the molecule is CCc1ccccc1-n1cc(CNCC(C)C)c(=O)cc1C. The standard InChI is InChI=1S/C19H26N2O/c1-5-16-8-6-7-9-18(16)21-13-17(12-20-11-14(2)3)19(22)10-15(21)4/h6-10,13-14,20H,5,11-12H2,1-4H3. The van der Waals surface area contributed by atoms with Crippen LogP contribution in [0, 0.1) is 12.8 Å². The van der Waals surface area contributed by atoms with Crippen molar-refractivity contribution in [3.8, 4) is 5.69 Å². The summed E-state index contributed by atoms with van der Waals surface area (Å²) >= 11 is 0. The van der Waals surface area contributed by atoms with Gasteiger partial charge >= 0.3 is 0 Å². The molecule has 0 fully saturated rings. The molecule has 0 saturated carbocycles. The third kappa shape index (κ3) is 3.86. The Kier molecular flexibility index (Phi) is 5.56. The van der Waals surface area contributed by atoms with E-state index in [9.17, 15) is 4.79 Å². The molecule has 0 saturated heterocycles. The molecule has 0 spiro atoms. The van der Waals surface area contributed by atoms with E-state index in [1.807, 2.05) is 19.2 Å². The van der Waals surface area contributed by atoms with Crippen LogP contribution in [0.15, 0.2) is 41.3 Å². The number of hydrogen-bond donors (Lipinski definition) is 1. The molecule has 0 amide bonds. The molecule has 0 atom stereocenters. The van der Waals surface area contributed by atoms with Crippen molar-refractivity contribution in [1.82, 2.24) is 9.88 Å². The minimum atomic E-state index is 0.110. The van der Waals surface area contributed by atoms with Crippen LogP contribution in [-0.2, 0) is 13.0 Å². The van der Waals surface area contributed by atoms with Crippen molar-refractivity contribution in [2.24, 2.45) is 5.92 Å². The Bertz CT molecular complexity index is 686. The highest BCUT2D eigenvalue weighted by Gasteiger charge is 2.08. The van der Waals surface area contributed by atoms with Crippen molar-refractivity contribution < 1.29 is 0 Å². The normalized spacial score (nSPS) is 11.1. The van der Waals surface area contributed by atoms with Crippen molar-refractivity contribution in [2.45, 2.75) is 40.7 Å². The molecule has 1 aromatic carbocycles. The molecule has 2 aromatic rings. The molecule has 0 aliphatic rings. The maximum absolute atomic E-state index is 12.2. The summed E-state index contributed by atoms with van der Waals surface area (Å²) in [6.45, 7) is 10.0. The van der Waals surface area contributed by atoms with Gasteiger partial charge in [0.05, 0.1) is 0 Å². The van der Waals surface area contributed by atoms with Gasteiger partial charge in [-0.05, 0) is 37.4 Å². The topological polar surface area (TPSA) is 34.0 Å². The summed E-state index contributed by atoms with van der Waals surface area (Å²) in [6, 6.07) is 10.1. The lowest BCUT2D eigenvalue weighted by Crippen LogP contribution is -2.24. The predicted molar refractivity (Wildman–Crippen MR) is 92.7 cm³/mol. The van der Waals surface area contributed by atoms with Crippen molar-refractivity contribution >= 4 is 0 Å². The highest BCUT2D eigenvalue weighted by molar-refractivity contribution is 5.43. The number of nitrogens with one attached hydrogen (secondary N) is 1. The molecule has 0 aliphatic carbocycles. The van der Waals surface area contributed by atoms with Gasteiger partial charge in [-0.2, -0.15) is 0 Å². The van der Waals surface area contributed by atoms with Crippen LogP contribution >= 0.6 is 0 Å². The molecule has 1 aromatic heterocycles. The Labute approximate surface area is 133 Å². The van der Waals surface area contributed by atoms with Crippen LogP contribution in [0.5, 0.6) is 0 Å². The fourth-order valence-electron chi connectivity index (χ4n) is 2.61. The molecule has 0 radical (unpaired) electrons. The molecule has 3 heteroatoms. The van der Waals surface area contributed by atoms with Crippen LogP contribution < -0.4 is 10.7 Å². The smallest absolute Gasteiger partial charge is 0.186 e. The molecular weight excluding hydrogens is 272 g/mol. The average molecular weight is 298 g/mol. The van der Waals surface area contributed by atoms with Crippen molar-refractivity contribution in [1.29, 1.82) is 0 Å². The van der Waals surface area contributed by atoms with Gasteiger partial charge < -0.3 is 9.88 Å². The third-order valence-electron chi connectivity index (χ3n) is 3.82. The van der Waals surface area contributed by atoms with Gasteiger partial charge in [0.2, 0.25) is 0 Å². The van der Waals surface area contributed by atoms with Crippen LogP contribution in [0.4, 0.5) is 0 Å². The Morgan fingerprint density at radius 2 is 1.91 bits per heavy atom. The van der Waals surface area contributed by atoms with E-state index in [0.717, 1.165) is 29.9 Å². The fraction of sp³-hybridized carbons (Fsp3) is 0.421. The molecular formula is C19H26N2O. The number of para-hydroxylation sites is 1. The Hall–Kier alpha value is -1.87. The third-order valence-corrected chi connectivity index (χ3v) is 3.82. The Morgan fingerprint density at radius 3 is 2.59 bits per heavy atom. The first-order valence-corrected chi connectivity index (χ1v) is 8.04. The van der Waals surface area contributed by atoms with E-state index >= 15 is 0 Å². The molecule has 0 aliphatic heterocycles. The number of pyridine rings is 1. The summed E-state index contributed by atoms with van der Waals surface area (Å²) in [5.41, 5.74) is 4.34. The summed E-state index contributed by atoms with van der Waals surface area (Å²) in [5.74, 6) is 0.577. The van der Waals surface area contributed by atoms with Gasteiger partial charge in [0.1, 0.15) is 0 Å². The molecule has 3 nitrogen and oxygen atoms in total. The Morgan fingerprint density at radius 1 is 1.18 bits per heavy atom. The minimum absolute atomic E-state index is 0.110. The zero-order chi connectivity index (χ0) is 16.1. The highest BCUT2D eigenvalue weighted by atomic mass is 16.1. The highest BCUT2D eigenvalue weighted by Crippen LogP contribution is 2.17. The van der Waals surface area contributed by atoms with Gasteiger partial charge in [0, 0.05) is 35.8 Å². The monoisotopic (exact) mass is 298 g/mol. The number of benzene rings is 1. The van der Waals surface area contributed by atoms with Crippen LogP contribution in [0.3, 0.4) is 0 Å². The van der Waals surface area contributed by atoms with Crippen molar-refractivity contribution in [3.05, 3.63) is 63.6 Å². The van der Waals surface area contributed by atoms with Gasteiger partial charge in [0.25, 0.3) is 0 Å². The Balaban J connectivity index is 2.38. The van der Waals surface area contributed by atoms with E-state index in [-0.39, 0.29) is 5.43 Å². The molecule has 0 bridgehead atoms. The predicted octanol–water partition coefficient (Wildman–Crippen LogP) is 3.45. The molecule has 1 heterocycles. The summed E-state index contributed by atoms with van der Waals surface area (Å²) in [7, 11) is 0. The van der Waals surface area contributed by atoms with E-state index in [2.05, 4.69) is 48.9 Å². The van der Waals surface area contributed by atoms with E-state index in [1.54, 1.807) is 6.07 Å². The summed E-state index contributed by atoms with van der Waals surface area (Å²) < 4.78 is 2.13. The van der Waals surface area contributed by atoms with Gasteiger partial charge in [-0.25, -0.2) is 0 Å². The van der Waals surface area contributed by atoms with Gasteiger partial charge in [-0.1, -0.05) is 39.0 Å². The lowest BCUT2D eigenvalue weighted by atomic mass is 10.1. The fourth-order valence-corrected chi connectivity index (χ4v) is 2.61. The van der Waals surface area contributed by atoms with E-state index in [1.165, 1.54) is 5.56 Å². The van der Waals surface area contributed by atoms with Crippen LogP contribution in [0.2, 0.25) is 0 Å². The molecule has 2 rings (SSSR count). The van der Waals surface area contributed by atoms with Crippen LogP contribution in [0.1, 0.15) is 37.6 Å². The van der Waals surface area contributed by atoms with E-state index in [4.69, 9.17) is 0 Å². The van der Waals surface area contributed by atoms with Gasteiger partial charge in [0.15, 0.2) is 5.43 Å². The lowest BCUT2D eigenvalue weighted by Gasteiger charge is -2.16. The zero-order valence-electron chi connectivity index (χ0n) is 14.0. The van der Waals surface area contributed by atoms with E-state index in [0.29, 0.717) is 12.5 Å². The zero-order valence-corrected chi connectivity index (χ0v) is 14.0. The minimum Gasteiger partial charge on any atom is -0.320 e. The number of aromatic nitrogens is 1. The van der Waals surface area contributed by atoms with Gasteiger partial charge in [-0.15, -0.1) is 0 Å². The van der Waals surface area contributed by atoms with Crippen LogP contribution in [-0.4, -0.2) is 11.1 Å². The number of aryl methyl sites for hydroxylation is 2. The second-order valence-corrected chi connectivity index (χ2v) is 6.18. The first-order chi connectivity index (χ1) is 10.5. The van der Waals surface area contributed by atoms with E-state index < -0.39 is 0 Å². The lowest BCUT2D eigenvalue weighted by molar-refractivity contribution is 0.550. The number of nitrogens with zero attached hydrogens (tertiary/aromatic N) is 1. The summed E-state index contributed by atoms with van der Waals surface area (Å²) in [4.78, 5) is 12.2. The molecule has 22 heavy (non-hydrogen) atoms. The summed E-state index contributed by atoms with van der Waals surface area (Å²) in [6.07, 6.45) is 2.96. The van der Waals surface area contributed by atoms with Crippen molar-refractivity contribution in [2.75, 3.05) is 6.54 Å². The van der Waals surface area contributed by atoms with Crippen LogP contribution in [0.25, 0.3) is 5.69 Å². The first kappa shape index (κ1) is 16.5. The number of rotatable bonds is 6.